The Balaban J connectivity index is 2.26. The molecule has 94 valence electrons. The van der Waals surface area contributed by atoms with Crippen LogP contribution in [0, 0.1) is 5.82 Å². The highest BCUT2D eigenvalue weighted by molar-refractivity contribution is 9.10. The SMILES string of the molecule is CNCc1ccnc(Oc2cccc(Br)c2)c1F. The normalized spacial score (nSPS) is 10.4. The molecule has 0 atom stereocenters. The first-order valence-corrected chi connectivity index (χ1v) is 6.21. The summed E-state index contributed by atoms with van der Waals surface area (Å²) in [5.41, 5.74) is 0.525. The molecule has 0 amide bonds. The molecule has 1 N–H and O–H groups in total. The molecule has 0 radical (unpaired) electrons. The van der Waals surface area contributed by atoms with Gasteiger partial charge in [-0.25, -0.2) is 9.37 Å². The van der Waals surface area contributed by atoms with Gasteiger partial charge in [0.2, 0.25) is 0 Å². The van der Waals surface area contributed by atoms with E-state index in [4.69, 9.17) is 4.74 Å². The van der Waals surface area contributed by atoms with Crippen molar-refractivity contribution in [3.05, 3.63) is 52.4 Å². The van der Waals surface area contributed by atoms with Gasteiger partial charge in [0.15, 0.2) is 5.82 Å². The lowest BCUT2D eigenvalue weighted by molar-refractivity contribution is 0.418. The number of hydrogen-bond acceptors (Lipinski definition) is 3. The van der Waals surface area contributed by atoms with Crippen LogP contribution in [0.3, 0.4) is 0 Å². The highest BCUT2D eigenvalue weighted by Crippen LogP contribution is 2.26. The molecule has 1 aromatic heterocycles. The zero-order valence-electron chi connectivity index (χ0n) is 9.78. The molecule has 0 fully saturated rings. The Hall–Kier alpha value is -1.46. The maximum absolute atomic E-state index is 14.0. The summed E-state index contributed by atoms with van der Waals surface area (Å²) in [7, 11) is 1.76. The summed E-state index contributed by atoms with van der Waals surface area (Å²) in [6, 6.07) is 8.81. The number of nitrogens with one attached hydrogen (secondary N) is 1. The van der Waals surface area contributed by atoms with Crippen molar-refractivity contribution in [1.82, 2.24) is 10.3 Å². The molecular formula is C13H12BrFN2O. The van der Waals surface area contributed by atoms with Crippen LogP contribution in [0.25, 0.3) is 0 Å². The monoisotopic (exact) mass is 310 g/mol. The van der Waals surface area contributed by atoms with Crippen LogP contribution in [0.4, 0.5) is 4.39 Å². The highest BCUT2D eigenvalue weighted by Gasteiger charge is 2.11. The second-order valence-corrected chi connectivity index (χ2v) is 4.59. The molecule has 0 aliphatic rings. The molecule has 2 aromatic rings. The first-order valence-electron chi connectivity index (χ1n) is 5.42. The molecule has 0 spiro atoms. The van der Waals surface area contributed by atoms with Crippen molar-refractivity contribution in [2.24, 2.45) is 0 Å². The molecule has 1 aromatic carbocycles. The Kier molecular flexibility index (Phi) is 4.28. The molecular weight excluding hydrogens is 299 g/mol. The maximum atomic E-state index is 14.0. The third-order valence-electron chi connectivity index (χ3n) is 2.32. The minimum absolute atomic E-state index is 0.0131. The van der Waals surface area contributed by atoms with Gasteiger partial charge >= 0.3 is 0 Å². The van der Waals surface area contributed by atoms with Gasteiger partial charge in [0.1, 0.15) is 5.75 Å². The minimum Gasteiger partial charge on any atom is -0.436 e. The third-order valence-corrected chi connectivity index (χ3v) is 2.81. The second kappa shape index (κ2) is 5.93. The number of rotatable bonds is 4. The van der Waals surface area contributed by atoms with E-state index in [0.717, 1.165) is 4.47 Å². The number of nitrogens with zero attached hydrogens (tertiary/aromatic N) is 1. The predicted octanol–water partition coefficient (Wildman–Crippen LogP) is 3.49. The van der Waals surface area contributed by atoms with Gasteiger partial charge in [-0.05, 0) is 31.3 Å². The summed E-state index contributed by atoms with van der Waals surface area (Å²) >= 11 is 3.33. The van der Waals surface area contributed by atoms with E-state index < -0.39 is 5.82 Å². The molecule has 2 rings (SSSR count). The van der Waals surface area contributed by atoms with Crippen LogP contribution in [0.5, 0.6) is 11.6 Å². The number of benzene rings is 1. The minimum atomic E-state index is -0.438. The van der Waals surface area contributed by atoms with E-state index in [-0.39, 0.29) is 5.88 Å². The first kappa shape index (κ1) is 13.0. The van der Waals surface area contributed by atoms with E-state index in [1.54, 1.807) is 25.2 Å². The summed E-state index contributed by atoms with van der Waals surface area (Å²) in [6.45, 7) is 0.434. The van der Waals surface area contributed by atoms with E-state index >= 15 is 0 Å². The van der Waals surface area contributed by atoms with Crippen molar-refractivity contribution in [3.8, 4) is 11.6 Å². The van der Waals surface area contributed by atoms with Gasteiger partial charge in [-0.3, -0.25) is 0 Å². The average molecular weight is 311 g/mol. The van der Waals surface area contributed by atoms with Gasteiger partial charge < -0.3 is 10.1 Å². The van der Waals surface area contributed by atoms with Crippen molar-refractivity contribution in [3.63, 3.8) is 0 Å². The first-order chi connectivity index (χ1) is 8.70. The Morgan fingerprint density at radius 1 is 1.39 bits per heavy atom. The van der Waals surface area contributed by atoms with E-state index in [0.29, 0.717) is 17.9 Å². The quantitative estimate of drug-likeness (QED) is 0.938. The van der Waals surface area contributed by atoms with Crippen LogP contribution in [0.15, 0.2) is 41.0 Å². The number of aromatic nitrogens is 1. The Morgan fingerprint density at radius 3 is 2.94 bits per heavy atom. The van der Waals surface area contributed by atoms with Gasteiger partial charge in [-0.1, -0.05) is 22.0 Å². The van der Waals surface area contributed by atoms with Crippen LogP contribution >= 0.6 is 15.9 Å². The van der Waals surface area contributed by atoms with Gasteiger partial charge in [0.25, 0.3) is 5.88 Å². The van der Waals surface area contributed by atoms with Crippen molar-refractivity contribution >= 4 is 15.9 Å². The fourth-order valence-corrected chi connectivity index (χ4v) is 1.88. The standard InChI is InChI=1S/C13H12BrFN2O/c1-16-8-9-5-6-17-13(12(9)15)18-11-4-2-3-10(14)7-11/h2-7,16H,8H2,1H3. The van der Waals surface area contributed by atoms with Crippen LogP contribution in [-0.4, -0.2) is 12.0 Å². The molecule has 0 saturated heterocycles. The van der Waals surface area contributed by atoms with Crippen LogP contribution < -0.4 is 10.1 Å². The van der Waals surface area contributed by atoms with Crippen LogP contribution in [-0.2, 0) is 6.54 Å². The van der Waals surface area contributed by atoms with Crippen molar-refractivity contribution in [2.45, 2.75) is 6.54 Å². The molecule has 18 heavy (non-hydrogen) atoms. The average Bonchev–Trinajstić information content (AvgIpc) is 2.35. The van der Waals surface area contributed by atoms with Crippen molar-refractivity contribution < 1.29 is 9.13 Å². The van der Waals surface area contributed by atoms with Gasteiger partial charge in [0, 0.05) is 22.8 Å². The molecule has 0 bridgehead atoms. The lowest BCUT2D eigenvalue weighted by Gasteiger charge is -2.08. The van der Waals surface area contributed by atoms with Crippen LogP contribution in [0.1, 0.15) is 5.56 Å². The summed E-state index contributed by atoms with van der Waals surface area (Å²) in [5, 5.41) is 2.89. The predicted molar refractivity (Wildman–Crippen MR) is 71.2 cm³/mol. The molecule has 1 heterocycles. The molecule has 0 saturated carbocycles. The molecule has 0 aliphatic carbocycles. The molecule has 5 heteroatoms. The third kappa shape index (κ3) is 3.05. The smallest absolute Gasteiger partial charge is 0.256 e. The summed E-state index contributed by atoms with van der Waals surface area (Å²) < 4.78 is 20.3. The Labute approximate surface area is 113 Å². The highest BCUT2D eigenvalue weighted by atomic mass is 79.9. The Bertz CT molecular complexity index is 548. The van der Waals surface area contributed by atoms with E-state index in [1.165, 1.54) is 6.20 Å². The molecule has 3 nitrogen and oxygen atoms in total. The van der Waals surface area contributed by atoms with Crippen molar-refractivity contribution in [2.75, 3.05) is 7.05 Å². The fraction of sp³-hybridized carbons (Fsp3) is 0.154. The van der Waals surface area contributed by atoms with E-state index in [9.17, 15) is 4.39 Å². The second-order valence-electron chi connectivity index (χ2n) is 3.68. The lowest BCUT2D eigenvalue weighted by atomic mass is 10.2. The van der Waals surface area contributed by atoms with E-state index in [2.05, 4.69) is 26.2 Å². The number of halogens is 2. The van der Waals surface area contributed by atoms with Gasteiger partial charge in [-0.15, -0.1) is 0 Å². The zero-order chi connectivity index (χ0) is 13.0. The summed E-state index contributed by atoms with van der Waals surface area (Å²) in [4.78, 5) is 3.91. The summed E-state index contributed by atoms with van der Waals surface area (Å²) in [5.74, 6) is 0.0880. The van der Waals surface area contributed by atoms with Crippen LogP contribution in [0.2, 0.25) is 0 Å². The molecule has 0 unspecified atom stereocenters. The van der Waals surface area contributed by atoms with Gasteiger partial charge in [0.05, 0.1) is 0 Å². The van der Waals surface area contributed by atoms with E-state index in [1.807, 2.05) is 12.1 Å². The molecule has 0 aliphatic heterocycles. The number of pyridine rings is 1. The lowest BCUT2D eigenvalue weighted by Crippen LogP contribution is -2.08. The summed E-state index contributed by atoms with van der Waals surface area (Å²) in [6.07, 6.45) is 1.53. The largest absolute Gasteiger partial charge is 0.436 e. The number of hydrogen-bond donors (Lipinski definition) is 1. The zero-order valence-corrected chi connectivity index (χ0v) is 11.4. The Morgan fingerprint density at radius 2 is 2.22 bits per heavy atom. The number of ether oxygens (including phenoxy) is 1. The topological polar surface area (TPSA) is 34.2 Å². The van der Waals surface area contributed by atoms with Gasteiger partial charge in [-0.2, -0.15) is 0 Å². The van der Waals surface area contributed by atoms with Crippen molar-refractivity contribution in [1.29, 1.82) is 0 Å². The maximum Gasteiger partial charge on any atom is 0.256 e. The fourth-order valence-electron chi connectivity index (χ4n) is 1.50.